The highest BCUT2D eigenvalue weighted by Crippen LogP contribution is 2.57. The lowest BCUT2D eigenvalue weighted by Crippen LogP contribution is -2.57. The molecule has 6 heteroatoms. The molecular weight excluding hydrogens is 384 g/mol. The monoisotopic (exact) mass is 416 g/mol. The molecule has 0 bridgehead atoms. The first-order chi connectivity index (χ1) is 13.6. The van der Waals surface area contributed by atoms with E-state index in [2.05, 4.69) is 33.9 Å². The molecule has 0 saturated heterocycles. The Morgan fingerprint density at radius 1 is 1.17 bits per heavy atom. The number of para-hydroxylation sites is 1. The van der Waals surface area contributed by atoms with Gasteiger partial charge in [-0.15, -0.1) is 0 Å². The van der Waals surface area contributed by atoms with Crippen molar-refractivity contribution in [2.75, 3.05) is 7.11 Å². The number of aldehydes is 2. The molecular formula is C23H32O5Si. The largest absolute Gasteiger partial charge is 0.493 e. The van der Waals surface area contributed by atoms with E-state index in [9.17, 15) is 9.59 Å². The molecule has 5 nitrogen and oxygen atoms in total. The zero-order chi connectivity index (χ0) is 21.4. The summed E-state index contributed by atoms with van der Waals surface area (Å²) in [5, 5.41) is 0.0386. The maximum Gasteiger partial charge on any atom is 0.193 e. The molecule has 0 fully saturated rings. The Balaban J connectivity index is 2.14. The summed E-state index contributed by atoms with van der Waals surface area (Å²) in [5.41, 5.74) is 0.280. The van der Waals surface area contributed by atoms with Crippen LogP contribution in [-0.2, 0) is 19.4 Å². The van der Waals surface area contributed by atoms with Crippen LogP contribution in [0.4, 0.5) is 0 Å². The van der Waals surface area contributed by atoms with E-state index in [0.29, 0.717) is 17.9 Å². The minimum absolute atomic E-state index is 0.0386. The maximum atomic E-state index is 11.8. The van der Waals surface area contributed by atoms with Gasteiger partial charge in [0.25, 0.3) is 0 Å². The Morgan fingerprint density at radius 2 is 1.90 bits per heavy atom. The molecule has 0 unspecified atom stereocenters. The van der Waals surface area contributed by atoms with Crippen molar-refractivity contribution in [2.45, 2.75) is 69.4 Å². The molecule has 3 rings (SSSR count). The Hall–Kier alpha value is -1.92. The molecule has 1 aliphatic heterocycles. The normalized spacial score (nSPS) is 28.3. The van der Waals surface area contributed by atoms with E-state index in [1.54, 1.807) is 7.11 Å². The minimum Gasteiger partial charge on any atom is -0.493 e. The van der Waals surface area contributed by atoms with Crippen molar-refractivity contribution in [3.05, 3.63) is 35.9 Å². The van der Waals surface area contributed by atoms with Crippen LogP contribution in [0, 0.1) is 5.92 Å². The van der Waals surface area contributed by atoms with Crippen LogP contribution in [-0.4, -0.2) is 40.2 Å². The van der Waals surface area contributed by atoms with Gasteiger partial charge in [0.2, 0.25) is 0 Å². The molecule has 29 heavy (non-hydrogen) atoms. The quantitative estimate of drug-likeness (QED) is 0.373. The fraction of sp³-hybridized carbons (Fsp3) is 0.565. The Bertz CT molecular complexity index is 810. The first kappa shape index (κ1) is 21.8. The Labute approximate surface area is 174 Å². The number of hydrogen-bond acceptors (Lipinski definition) is 5. The number of ether oxygens (including phenoxy) is 2. The van der Waals surface area contributed by atoms with Gasteiger partial charge >= 0.3 is 0 Å². The molecule has 0 spiro atoms. The van der Waals surface area contributed by atoms with Crippen LogP contribution in [0.5, 0.6) is 11.5 Å². The van der Waals surface area contributed by atoms with Crippen molar-refractivity contribution in [2.24, 2.45) is 5.92 Å². The van der Waals surface area contributed by atoms with Crippen molar-refractivity contribution >= 4 is 20.9 Å². The van der Waals surface area contributed by atoms with Crippen LogP contribution in [0.25, 0.3) is 0 Å². The number of carbonyl (C=O) groups excluding carboxylic acids is 2. The van der Waals surface area contributed by atoms with E-state index in [0.717, 1.165) is 18.1 Å². The van der Waals surface area contributed by atoms with Crippen molar-refractivity contribution in [3.8, 4) is 11.5 Å². The predicted molar refractivity (Wildman–Crippen MR) is 115 cm³/mol. The summed E-state index contributed by atoms with van der Waals surface area (Å²) >= 11 is 0. The highest BCUT2D eigenvalue weighted by atomic mass is 28.4. The van der Waals surface area contributed by atoms with Crippen LogP contribution in [0.1, 0.15) is 39.2 Å². The highest BCUT2D eigenvalue weighted by molar-refractivity contribution is 6.74. The molecule has 1 aliphatic carbocycles. The van der Waals surface area contributed by atoms with Crippen molar-refractivity contribution in [1.29, 1.82) is 0 Å². The first-order valence-corrected chi connectivity index (χ1v) is 13.1. The average molecular weight is 417 g/mol. The fourth-order valence-corrected chi connectivity index (χ4v) is 5.60. The summed E-state index contributed by atoms with van der Waals surface area (Å²) in [4.78, 5) is 23.3. The second-order valence-corrected chi connectivity index (χ2v) is 14.3. The smallest absolute Gasteiger partial charge is 0.193 e. The van der Waals surface area contributed by atoms with E-state index in [-0.39, 0.29) is 29.6 Å². The molecule has 4 atom stereocenters. The van der Waals surface area contributed by atoms with Crippen LogP contribution in [0.15, 0.2) is 30.4 Å². The van der Waals surface area contributed by atoms with Crippen molar-refractivity contribution in [1.82, 2.24) is 0 Å². The average Bonchev–Trinajstić information content (AvgIpc) is 2.99. The molecule has 1 aromatic carbocycles. The van der Waals surface area contributed by atoms with Crippen molar-refractivity contribution < 1.29 is 23.5 Å². The predicted octanol–water partition coefficient (Wildman–Crippen LogP) is 4.45. The number of fused-ring (bicyclic) bond motifs is 3. The zero-order valence-corrected chi connectivity index (χ0v) is 19.2. The van der Waals surface area contributed by atoms with Crippen LogP contribution < -0.4 is 9.47 Å². The lowest BCUT2D eigenvalue weighted by molar-refractivity contribution is -0.113. The SMILES string of the molecule is COc1cccc2c1O[C@H]1[C@@H](O[Si](C)(C)C(C)(C)C)C=C[C@@H](CC=O)[C@@]21CC=O. The number of methoxy groups -OCH3 is 1. The van der Waals surface area contributed by atoms with Gasteiger partial charge in [-0.05, 0) is 30.1 Å². The third kappa shape index (κ3) is 3.46. The summed E-state index contributed by atoms with van der Waals surface area (Å²) in [6.07, 6.45) is 5.84. The number of allylic oxidation sites excluding steroid dienone is 1. The van der Waals surface area contributed by atoms with E-state index in [4.69, 9.17) is 13.9 Å². The molecule has 0 amide bonds. The van der Waals surface area contributed by atoms with Crippen LogP contribution in [0.3, 0.4) is 0 Å². The molecule has 0 saturated carbocycles. The second kappa shape index (κ2) is 7.72. The van der Waals surface area contributed by atoms with Gasteiger partial charge in [-0.1, -0.05) is 45.1 Å². The number of carbonyl (C=O) groups is 2. The van der Waals surface area contributed by atoms with Gasteiger partial charge in [0, 0.05) is 18.4 Å². The minimum atomic E-state index is -2.09. The summed E-state index contributed by atoms with van der Waals surface area (Å²) in [7, 11) is -0.485. The summed E-state index contributed by atoms with van der Waals surface area (Å²) < 4.78 is 18.8. The van der Waals surface area contributed by atoms with E-state index in [1.807, 2.05) is 30.4 Å². The summed E-state index contributed by atoms with van der Waals surface area (Å²) in [6, 6.07) is 5.76. The van der Waals surface area contributed by atoms with Gasteiger partial charge in [0.1, 0.15) is 24.8 Å². The highest BCUT2D eigenvalue weighted by Gasteiger charge is 2.59. The lowest BCUT2D eigenvalue weighted by Gasteiger charge is -2.47. The standard InChI is InChI=1S/C23H32O5Si/c1-22(2,3)29(5,6)28-19-11-10-16(12-14-24)23(13-15-25)17-8-7-9-18(26-4)20(17)27-21(19)23/h7-11,14-16,19,21H,12-13H2,1-6H3/t16-,19-,21-,23-/m0/s1. The molecule has 0 radical (unpaired) electrons. The van der Waals surface area contributed by atoms with Gasteiger partial charge in [-0.25, -0.2) is 0 Å². The number of hydrogen-bond donors (Lipinski definition) is 0. The topological polar surface area (TPSA) is 61.8 Å². The first-order valence-electron chi connectivity index (χ1n) is 10.2. The van der Waals surface area contributed by atoms with E-state index < -0.39 is 13.7 Å². The lowest BCUT2D eigenvalue weighted by atomic mass is 9.61. The van der Waals surface area contributed by atoms with E-state index >= 15 is 0 Å². The molecule has 158 valence electrons. The van der Waals surface area contributed by atoms with Crippen molar-refractivity contribution in [3.63, 3.8) is 0 Å². The second-order valence-electron chi connectivity index (χ2n) is 9.52. The third-order valence-corrected chi connectivity index (χ3v) is 11.4. The van der Waals surface area contributed by atoms with Gasteiger partial charge in [-0.3, -0.25) is 0 Å². The molecule has 0 aromatic heterocycles. The molecule has 0 N–H and O–H groups in total. The fourth-order valence-electron chi connectivity index (χ4n) is 4.36. The Morgan fingerprint density at radius 3 is 2.48 bits per heavy atom. The summed E-state index contributed by atoms with van der Waals surface area (Å²) in [5.74, 6) is 1.16. The molecule has 1 heterocycles. The maximum absolute atomic E-state index is 11.8. The van der Waals surface area contributed by atoms with Crippen LogP contribution in [0.2, 0.25) is 18.1 Å². The Kier molecular flexibility index (Phi) is 5.80. The van der Waals surface area contributed by atoms with Gasteiger partial charge in [0.15, 0.2) is 19.8 Å². The van der Waals surface area contributed by atoms with Gasteiger partial charge in [-0.2, -0.15) is 0 Å². The number of benzene rings is 1. The molecule has 2 aliphatic rings. The number of rotatable bonds is 7. The van der Waals surface area contributed by atoms with Crippen LogP contribution >= 0.6 is 0 Å². The van der Waals surface area contributed by atoms with Gasteiger partial charge < -0.3 is 23.5 Å². The third-order valence-electron chi connectivity index (χ3n) is 6.95. The summed E-state index contributed by atoms with van der Waals surface area (Å²) in [6.45, 7) is 11.0. The molecule has 1 aromatic rings. The van der Waals surface area contributed by atoms with Gasteiger partial charge in [0.05, 0.1) is 12.5 Å². The zero-order valence-electron chi connectivity index (χ0n) is 18.2. The van der Waals surface area contributed by atoms with E-state index in [1.165, 1.54) is 0 Å².